The van der Waals surface area contributed by atoms with Crippen molar-refractivity contribution in [3.8, 4) is 0 Å². The van der Waals surface area contributed by atoms with Crippen LogP contribution in [0.25, 0.3) is 0 Å². The number of hydrogen-bond acceptors (Lipinski definition) is 5. The van der Waals surface area contributed by atoms with E-state index in [-0.39, 0.29) is 29.8 Å². The predicted octanol–water partition coefficient (Wildman–Crippen LogP) is 9.45. The number of alkyl halides is 3. The van der Waals surface area contributed by atoms with E-state index in [1.54, 1.807) is 6.08 Å². The maximum absolute atomic E-state index is 13.6. The van der Waals surface area contributed by atoms with Gasteiger partial charge in [0.25, 0.3) is 12.1 Å². The molecule has 1 fully saturated rings. The summed E-state index contributed by atoms with van der Waals surface area (Å²) < 4.78 is 16.4. The minimum atomic E-state index is -2.60. The molecule has 1 heterocycles. The largest absolute Gasteiger partial charge is 0.474 e. The molecule has 0 aromatic heterocycles. The molecule has 0 radical (unpaired) electrons. The highest BCUT2D eigenvalue weighted by Crippen LogP contribution is 2.37. The van der Waals surface area contributed by atoms with E-state index in [4.69, 9.17) is 54.1 Å². The zero-order valence-corrected chi connectivity index (χ0v) is 32.3. The second-order valence-electron chi connectivity index (χ2n) is 14.6. The minimum Gasteiger partial charge on any atom is -0.474 e. The van der Waals surface area contributed by atoms with Crippen LogP contribution < -0.4 is 10.4 Å². The van der Waals surface area contributed by atoms with E-state index < -0.39 is 23.6 Å². The van der Waals surface area contributed by atoms with Gasteiger partial charge in [-0.15, -0.1) is 0 Å². The smallest absolute Gasteiger partial charge is 0.410 e. The summed E-state index contributed by atoms with van der Waals surface area (Å²) in [5.74, 6) is 0.0343. The topological polar surface area (TPSA) is 71.9 Å². The number of nitrogens with one attached hydrogen (secondary N) is 1. The van der Waals surface area contributed by atoms with Gasteiger partial charge in [0.15, 0.2) is 0 Å². The van der Waals surface area contributed by atoms with Crippen LogP contribution in [-0.2, 0) is 13.9 Å². The molecule has 0 aliphatic carbocycles. The van der Waals surface area contributed by atoms with Crippen molar-refractivity contribution in [3.05, 3.63) is 72.8 Å². The Kier molecular flexibility index (Phi) is 14.3. The molecule has 2 aromatic carbocycles. The summed E-state index contributed by atoms with van der Waals surface area (Å²) in [5.41, 5.74) is -0.597. The van der Waals surface area contributed by atoms with E-state index in [2.05, 4.69) is 88.4 Å². The Labute approximate surface area is 298 Å². The molecule has 0 spiro atoms. The van der Waals surface area contributed by atoms with Crippen LogP contribution in [-0.4, -0.2) is 59.9 Å². The van der Waals surface area contributed by atoms with Crippen LogP contribution >= 0.6 is 34.8 Å². The first-order valence-electron chi connectivity index (χ1n) is 16.7. The molecule has 1 N–H and O–H groups in total. The number of nitrogens with zero attached hydrogens (tertiary/aromatic N) is 1. The standard InChI is InChI=1S/C37H53Cl3N2O4Si/c1-28-26-29(18-14-16-24-44-33(41)37(38,39)40)42(34(43)46-35(2,3)4)30(27-28)19-15-17-25-45-47(36(5,6)7,31-20-10-8-11-21-31)32-22-12-9-13-23-32/h8-14,16,20-23,28-30,41H,15,17-19,24-27H2,1-7H3/b16-14+,41-33?/t28-,29-,30-/m1/s1. The highest BCUT2D eigenvalue weighted by Gasteiger charge is 2.50. The molecule has 6 nitrogen and oxygen atoms in total. The molecule has 47 heavy (non-hydrogen) atoms. The molecule has 3 rings (SSSR count). The highest BCUT2D eigenvalue weighted by atomic mass is 35.6. The first-order valence-corrected chi connectivity index (χ1v) is 19.7. The van der Waals surface area contributed by atoms with Crippen molar-refractivity contribution in [2.75, 3.05) is 13.2 Å². The number of piperidine rings is 1. The van der Waals surface area contributed by atoms with Gasteiger partial charge in [-0.3, -0.25) is 5.41 Å². The molecule has 0 bridgehead atoms. The quantitative estimate of drug-likeness (QED) is 0.0592. The molecule has 10 heteroatoms. The monoisotopic (exact) mass is 722 g/mol. The van der Waals surface area contributed by atoms with Gasteiger partial charge in [-0.1, -0.05) is 135 Å². The van der Waals surface area contributed by atoms with E-state index >= 15 is 0 Å². The number of halogens is 3. The van der Waals surface area contributed by atoms with Crippen molar-refractivity contribution in [1.82, 2.24) is 4.90 Å². The third-order valence-corrected chi connectivity index (χ3v) is 14.1. The average Bonchev–Trinajstić information content (AvgIpc) is 2.97. The lowest BCUT2D eigenvalue weighted by Gasteiger charge is -2.45. The van der Waals surface area contributed by atoms with Crippen molar-refractivity contribution in [2.24, 2.45) is 5.92 Å². The number of ether oxygens (including phenoxy) is 2. The van der Waals surface area contributed by atoms with E-state index in [0.29, 0.717) is 18.9 Å². The van der Waals surface area contributed by atoms with Crippen molar-refractivity contribution >= 4 is 65.5 Å². The Hall–Kier alpha value is -2.03. The zero-order valence-electron chi connectivity index (χ0n) is 29.0. The number of carbonyl (C=O) groups excluding carboxylic acids is 1. The first-order chi connectivity index (χ1) is 22.0. The van der Waals surface area contributed by atoms with Gasteiger partial charge in [0.2, 0.25) is 5.90 Å². The lowest BCUT2D eigenvalue weighted by molar-refractivity contribution is -0.0136. The summed E-state index contributed by atoms with van der Waals surface area (Å²) in [6, 6.07) is 21.5. The number of hydrogen-bond donors (Lipinski definition) is 1. The number of carbonyl (C=O) groups is 1. The Morgan fingerprint density at radius 2 is 1.45 bits per heavy atom. The molecule has 0 saturated carbocycles. The van der Waals surface area contributed by atoms with Gasteiger partial charge in [-0.2, -0.15) is 0 Å². The molecule has 1 saturated heterocycles. The second-order valence-corrected chi connectivity index (χ2v) is 21.2. The van der Waals surface area contributed by atoms with Gasteiger partial charge in [-0.05, 0) is 80.6 Å². The molecule has 1 aliphatic rings. The predicted molar refractivity (Wildman–Crippen MR) is 199 cm³/mol. The Balaban J connectivity index is 1.72. The van der Waals surface area contributed by atoms with Gasteiger partial charge < -0.3 is 18.8 Å². The SMILES string of the molecule is C[C@@H]1C[C@@H](C/C=C/COC(=N)C(Cl)(Cl)Cl)N(C(=O)OC(C)(C)C)[C@H](CCCCO[Si](c2ccccc2)(c2ccccc2)C(C)(C)C)C1. The van der Waals surface area contributed by atoms with Crippen molar-refractivity contribution < 1.29 is 18.7 Å². The molecular formula is C37H53Cl3N2O4Si. The first kappa shape index (κ1) is 39.4. The van der Waals surface area contributed by atoms with E-state index in [0.717, 1.165) is 32.1 Å². The fourth-order valence-electron chi connectivity index (χ4n) is 6.63. The van der Waals surface area contributed by atoms with Crippen molar-refractivity contribution in [1.29, 1.82) is 5.41 Å². The van der Waals surface area contributed by atoms with E-state index in [9.17, 15) is 4.79 Å². The van der Waals surface area contributed by atoms with Crippen LogP contribution in [0.5, 0.6) is 0 Å². The van der Waals surface area contributed by atoms with Gasteiger partial charge in [0.05, 0.1) is 0 Å². The summed E-state index contributed by atoms with van der Waals surface area (Å²) in [4.78, 5) is 15.6. The van der Waals surface area contributed by atoms with Crippen LogP contribution in [0.2, 0.25) is 5.04 Å². The number of benzene rings is 2. The fraction of sp³-hybridized carbons (Fsp3) is 0.568. The second kappa shape index (κ2) is 17.1. The lowest BCUT2D eigenvalue weighted by atomic mass is 9.84. The normalized spacial score (nSPS) is 19.5. The summed E-state index contributed by atoms with van der Waals surface area (Å²) >= 11 is 17.1. The third kappa shape index (κ3) is 11.2. The van der Waals surface area contributed by atoms with Crippen LogP contribution in [0.15, 0.2) is 72.8 Å². The van der Waals surface area contributed by atoms with Crippen molar-refractivity contribution in [2.45, 2.75) is 114 Å². The highest BCUT2D eigenvalue weighted by molar-refractivity contribution is 6.99. The number of unbranched alkanes of at least 4 members (excludes halogenated alkanes) is 1. The van der Waals surface area contributed by atoms with Gasteiger partial charge >= 0.3 is 6.09 Å². The molecular weight excluding hydrogens is 671 g/mol. The minimum absolute atomic E-state index is 0.0177. The summed E-state index contributed by atoms with van der Waals surface area (Å²) in [6.07, 6.45) is 8.65. The van der Waals surface area contributed by atoms with E-state index in [1.165, 1.54) is 10.4 Å². The van der Waals surface area contributed by atoms with Crippen LogP contribution in [0.4, 0.5) is 4.79 Å². The lowest BCUT2D eigenvalue weighted by Crippen LogP contribution is -2.66. The number of likely N-dealkylation sites (tertiary alicyclic amines) is 1. The maximum Gasteiger partial charge on any atom is 0.410 e. The van der Waals surface area contributed by atoms with Crippen LogP contribution in [0.3, 0.4) is 0 Å². The third-order valence-electron chi connectivity index (χ3n) is 8.56. The Bertz CT molecular complexity index is 1270. The van der Waals surface area contributed by atoms with E-state index in [1.807, 2.05) is 31.7 Å². The molecule has 0 unspecified atom stereocenters. The van der Waals surface area contributed by atoms with Gasteiger partial charge in [-0.25, -0.2) is 4.79 Å². The number of rotatable bonds is 12. The molecule has 1 amide bonds. The Morgan fingerprint density at radius 1 is 0.894 bits per heavy atom. The van der Waals surface area contributed by atoms with Gasteiger partial charge in [0, 0.05) is 18.7 Å². The molecule has 3 atom stereocenters. The molecule has 2 aromatic rings. The van der Waals surface area contributed by atoms with Crippen molar-refractivity contribution in [3.63, 3.8) is 0 Å². The summed E-state index contributed by atoms with van der Waals surface area (Å²) in [5, 5.41) is 10.2. The summed E-state index contributed by atoms with van der Waals surface area (Å²) in [6.45, 7) is 15.6. The molecule has 260 valence electrons. The zero-order chi connectivity index (χ0) is 34.9. The fourth-order valence-corrected chi connectivity index (χ4v) is 11.4. The van der Waals surface area contributed by atoms with Crippen LogP contribution in [0.1, 0.15) is 87.0 Å². The molecule has 1 aliphatic heterocycles. The van der Waals surface area contributed by atoms with Crippen LogP contribution in [0, 0.1) is 11.3 Å². The average molecular weight is 724 g/mol. The summed E-state index contributed by atoms with van der Waals surface area (Å²) in [7, 11) is -2.60. The number of amides is 1. The Morgan fingerprint density at radius 3 is 1.96 bits per heavy atom. The van der Waals surface area contributed by atoms with Gasteiger partial charge in [0.1, 0.15) is 12.2 Å². The maximum atomic E-state index is 13.6.